The number of thiophene rings is 1. The van der Waals surface area contributed by atoms with Gasteiger partial charge >= 0.3 is 0 Å². The minimum absolute atomic E-state index is 0.190. The summed E-state index contributed by atoms with van der Waals surface area (Å²) in [5, 5.41) is 6.13. The molecule has 0 bridgehead atoms. The number of anilines is 3. The molecule has 1 aliphatic rings. The van der Waals surface area contributed by atoms with Crippen LogP contribution in [0.2, 0.25) is 0 Å². The van der Waals surface area contributed by atoms with Crippen LogP contribution >= 0.6 is 11.3 Å². The van der Waals surface area contributed by atoms with Crippen LogP contribution < -0.4 is 21.3 Å². The predicted octanol–water partition coefficient (Wildman–Crippen LogP) is 2.66. The van der Waals surface area contributed by atoms with Crippen LogP contribution in [0.25, 0.3) is 0 Å². The van der Waals surface area contributed by atoms with Gasteiger partial charge in [-0.25, -0.2) is 0 Å². The SMILES string of the molecule is CC(=O)Nc1ccc(C(=O)Nc2cc(C(N)=O)ccc2N2CCCC2)s1. The van der Waals surface area contributed by atoms with Gasteiger partial charge < -0.3 is 21.3 Å². The van der Waals surface area contributed by atoms with E-state index in [1.54, 1.807) is 24.3 Å². The number of primary amides is 1. The first-order valence-electron chi connectivity index (χ1n) is 8.31. The van der Waals surface area contributed by atoms with Gasteiger partial charge in [0, 0.05) is 25.6 Å². The molecular formula is C18H20N4O3S. The topological polar surface area (TPSA) is 105 Å². The van der Waals surface area contributed by atoms with E-state index in [0.717, 1.165) is 31.6 Å². The van der Waals surface area contributed by atoms with Gasteiger partial charge in [-0.15, -0.1) is 11.3 Å². The van der Waals surface area contributed by atoms with E-state index < -0.39 is 5.91 Å². The van der Waals surface area contributed by atoms with Crippen molar-refractivity contribution in [2.45, 2.75) is 19.8 Å². The Morgan fingerprint density at radius 2 is 1.81 bits per heavy atom. The lowest BCUT2D eigenvalue weighted by Crippen LogP contribution is -2.22. The number of rotatable bonds is 5. The van der Waals surface area contributed by atoms with E-state index in [1.165, 1.54) is 18.3 Å². The Bertz CT molecular complexity index is 856. The molecular weight excluding hydrogens is 352 g/mol. The first-order chi connectivity index (χ1) is 12.4. The average molecular weight is 372 g/mol. The van der Waals surface area contributed by atoms with Crippen molar-refractivity contribution in [2.75, 3.05) is 28.6 Å². The molecule has 8 heteroatoms. The lowest BCUT2D eigenvalue weighted by Gasteiger charge is -2.22. The number of nitrogens with two attached hydrogens (primary N) is 1. The fourth-order valence-corrected chi connectivity index (χ4v) is 3.76. The summed E-state index contributed by atoms with van der Waals surface area (Å²) in [7, 11) is 0. The van der Waals surface area contributed by atoms with Crippen molar-refractivity contribution in [3.63, 3.8) is 0 Å². The molecule has 1 saturated heterocycles. The Kier molecular flexibility index (Phi) is 5.22. The highest BCUT2D eigenvalue weighted by atomic mass is 32.1. The van der Waals surface area contributed by atoms with Crippen LogP contribution in [0.15, 0.2) is 30.3 Å². The van der Waals surface area contributed by atoms with Crippen LogP contribution in [0.3, 0.4) is 0 Å². The fourth-order valence-electron chi connectivity index (χ4n) is 2.91. The van der Waals surface area contributed by atoms with Gasteiger partial charge in [-0.3, -0.25) is 14.4 Å². The molecule has 3 amide bonds. The standard InChI is InChI=1S/C18H20N4O3S/c1-11(23)20-16-7-6-15(26-16)18(25)21-13-10-12(17(19)24)4-5-14(13)22-8-2-3-9-22/h4-7,10H,2-3,8-9H2,1H3,(H2,19,24)(H,20,23)(H,21,25). The van der Waals surface area contributed by atoms with E-state index in [4.69, 9.17) is 5.73 Å². The Morgan fingerprint density at radius 3 is 2.46 bits per heavy atom. The van der Waals surface area contributed by atoms with Crippen LogP contribution in [0, 0.1) is 0 Å². The minimum atomic E-state index is -0.544. The maximum atomic E-state index is 12.6. The third-order valence-electron chi connectivity index (χ3n) is 4.11. The summed E-state index contributed by atoms with van der Waals surface area (Å²) in [5.74, 6) is -1.03. The zero-order valence-electron chi connectivity index (χ0n) is 14.4. The summed E-state index contributed by atoms with van der Waals surface area (Å²) in [6, 6.07) is 8.43. The molecule has 0 unspecified atom stereocenters. The van der Waals surface area contributed by atoms with Gasteiger partial charge in [0.2, 0.25) is 11.8 Å². The number of benzene rings is 1. The molecule has 3 rings (SSSR count). The van der Waals surface area contributed by atoms with E-state index in [0.29, 0.717) is 21.1 Å². The Labute approximate surface area is 155 Å². The van der Waals surface area contributed by atoms with Gasteiger partial charge in [-0.05, 0) is 43.2 Å². The van der Waals surface area contributed by atoms with Crippen molar-refractivity contribution in [1.82, 2.24) is 0 Å². The highest BCUT2D eigenvalue weighted by Crippen LogP contribution is 2.31. The monoisotopic (exact) mass is 372 g/mol. The second-order valence-corrected chi connectivity index (χ2v) is 7.17. The molecule has 0 saturated carbocycles. The number of nitrogens with one attached hydrogen (secondary N) is 2. The second-order valence-electron chi connectivity index (χ2n) is 6.09. The summed E-state index contributed by atoms with van der Waals surface area (Å²) in [6.07, 6.45) is 2.19. The van der Waals surface area contributed by atoms with Gasteiger partial charge in [0.1, 0.15) is 0 Å². The van der Waals surface area contributed by atoms with Crippen molar-refractivity contribution >= 4 is 45.4 Å². The van der Waals surface area contributed by atoms with Gasteiger partial charge in [0.25, 0.3) is 5.91 Å². The van der Waals surface area contributed by atoms with E-state index in [2.05, 4.69) is 15.5 Å². The molecule has 1 aromatic carbocycles. The molecule has 0 spiro atoms. The van der Waals surface area contributed by atoms with Crippen LogP contribution in [-0.4, -0.2) is 30.8 Å². The maximum Gasteiger partial charge on any atom is 0.265 e. The van der Waals surface area contributed by atoms with Gasteiger partial charge in [0.05, 0.1) is 21.3 Å². The number of amides is 3. The third-order valence-corrected chi connectivity index (χ3v) is 5.10. The van der Waals surface area contributed by atoms with E-state index >= 15 is 0 Å². The molecule has 2 aromatic rings. The highest BCUT2D eigenvalue weighted by Gasteiger charge is 2.19. The quantitative estimate of drug-likeness (QED) is 0.750. The van der Waals surface area contributed by atoms with Crippen LogP contribution in [0.5, 0.6) is 0 Å². The molecule has 0 aliphatic carbocycles. The van der Waals surface area contributed by atoms with Crippen molar-refractivity contribution in [3.8, 4) is 0 Å². The molecule has 2 heterocycles. The number of carbonyl (C=O) groups excluding carboxylic acids is 3. The number of nitrogens with zero attached hydrogens (tertiary/aromatic N) is 1. The van der Waals surface area contributed by atoms with Crippen LogP contribution in [-0.2, 0) is 4.79 Å². The normalized spacial score (nSPS) is 13.5. The summed E-state index contributed by atoms with van der Waals surface area (Å²) in [4.78, 5) is 37.9. The van der Waals surface area contributed by atoms with E-state index in [1.807, 2.05) is 6.07 Å². The Balaban J connectivity index is 1.85. The number of hydrogen-bond donors (Lipinski definition) is 3. The van der Waals surface area contributed by atoms with Crippen LogP contribution in [0.4, 0.5) is 16.4 Å². The first kappa shape index (κ1) is 17.9. The maximum absolute atomic E-state index is 12.6. The van der Waals surface area contributed by atoms with E-state index in [-0.39, 0.29) is 11.8 Å². The van der Waals surface area contributed by atoms with Crippen molar-refractivity contribution in [2.24, 2.45) is 5.73 Å². The summed E-state index contributed by atoms with van der Waals surface area (Å²) < 4.78 is 0. The Hall–Kier alpha value is -2.87. The minimum Gasteiger partial charge on any atom is -0.370 e. The fraction of sp³-hybridized carbons (Fsp3) is 0.278. The number of hydrogen-bond acceptors (Lipinski definition) is 5. The zero-order valence-corrected chi connectivity index (χ0v) is 15.2. The molecule has 1 aliphatic heterocycles. The second kappa shape index (κ2) is 7.57. The molecule has 26 heavy (non-hydrogen) atoms. The smallest absolute Gasteiger partial charge is 0.265 e. The summed E-state index contributed by atoms with van der Waals surface area (Å²) >= 11 is 1.19. The molecule has 1 fully saturated rings. The van der Waals surface area contributed by atoms with Gasteiger partial charge in [-0.1, -0.05) is 0 Å². The lowest BCUT2D eigenvalue weighted by molar-refractivity contribution is -0.114. The molecule has 0 atom stereocenters. The molecule has 7 nitrogen and oxygen atoms in total. The van der Waals surface area contributed by atoms with Crippen molar-refractivity contribution < 1.29 is 14.4 Å². The van der Waals surface area contributed by atoms with Crippen molar-refractivity contribution in [3.05, 3.63) is 40.8 Å². The first-order valence-corrected chi connectivity index (χ1v) is 9.13. The van der Waals surface area contributed by atoms with Crippen LogP contribution in [0.1, 0.15) is 39.8 Å². The zero-order chi connectivity index (χ0) is 18.7. The van der Waals surface area contributed by atoms with E-state index in [9.17, 15) is 14.4 Å². The predicted molar refractivity (Wildman–Crippen MR) is 103 cm³/mol. The summed E-state index contributed by atoms with van der Waals surface area (Å²) in [6.45, 7) is 3.23. The van der Waals surface area contributed by atoms with Gasteiger partial charge in [0.15, 0.2) is 0 Å². The molecule has 1 aromatic heterocycles. The third kappa shape index (κ3) is 4.02. The molecule has 4 N–H and O–H groups in total. The average Bonchev–Trinajstić information content (AvgIpc) is 3.25. The molecule has 0 radical (unpaired) electrons. The molecule has 136 valence electrons. The lowest BCUT2D eigenvalue weighted by atomic mass is 10.1. The highest BCUT2D eigenvalue weighted by molar-refractivity contribution is 7.18. The largest absolute Gasteiger partial charge is 0.370 e. The summed E-state index contributed by atoms with van der Waals surface area (Å²) in [5.41, 5.74) is 7.15. The Morgan fingerprint density at radius 1 is 1.08 bits per heavy atom. The van der Waals surface area contributed by atoms with Crippen molar-refractivity contribution in [1.29, 1.82) is 0 Å². The van der Waals surface area contributed by atoms with Gasteiger partial charge in [-0.2, -0.15) is 0 Å². The number of carbonyl (C=O) groups is 3.